The molecule has 0 saturated heterocycles. The highest BCUT2D eigenvalue weighted by atomic mass is 32.2. The summed E-state index contributed by atoms with van der Waals surface area (Å²) in [7, 11) is 0. The molecule has 0 aliphatic heterocycles. The van der Waals surface area contributed by atoms with Crippen LogP contribution < -0.4 is 10.9 Å². The molecule has 1 aromatic carbocycles. The van der Waals surface area contributed by atoms with Crippen molar-refractivity contribution in [2.75, 3.05) is 12.3 Å². The third kappa shape index (κ3) is 5.00. The molecule has 8 nitrogen and oxygen atoms in total. The van der Waals surface area contributed by atoms with Crippen molar-refractivity contribution < 1.29 is 4.79 Å². The molecule has 3 aromatic heterocycles. The summed E-state index contributed by atoms with van der Waals surface area (Å²) in [4.78, 5) is 34.3. The van der Waals surface area contributed by atoms with Gasteiger partial charge in [0.25, 0.3) is 5.56 Å². The molecule has 0 spiro atoms. The van der Waals surface area contributed by atoms with Gasteiger partial charge in [-0.1, -0.05) is 24.3 Å². The number of hydrogen-bond acceptors (Lipinski definition) is 6. The number of rotatable bonds is 8. The Morgan fingerprint density at radius 3 is 2.77 bits per heavy atom. The van der Waals surface area contributed by atoms with Gasteiger partial charge >= 0.3 is 0 Å². The zero-order chi connectivity index (χ0) is 21.6. The van der Waals surface area contributed by atoms with E-state index in [0.717, 1.165) is 16.0 Å². The zero-order valence-corrected chi connectivity index (χ0v) is 17.9. The van der Waals surface area contributed by atoms with Crippen LogP contribution in [0.15, 0.2) is 71.0 Å². The Bertz CT molecular complexity index is 1250. The largest absolute Gasteiger partial charge is 0.354 e. The second-order valence-electron chi connectivity index (χ2n) is 7.03. The van der Waals surface area contributed by atoms with Crippen LogP contribution in [0.2, 0.25) is 0 Å². The minimum absolute atomic E-state index is 0.0631. The lowest BCUT2D eigenvalue weighted by atomic mass is 10.1. The predicted molar refractivity (Wildman–Crippen MR) is 120 cm³/mol. The molecule has 4 rings (SSSR count). The maximum Gasteiger partial charge on any atom is 0.264 e. The normalized spacial score (nSPS) is 11.0. The van der Waals surface area contributed by atoms with Gasteiger partial charge in [0.15, 0.2) is 5.65 Å². The van der Waals surface area contributed by atoms with E-state index in [4.69, 9.17) is 0 Å². The highest BCUT2D eigenvalue weighted by Gasteiger charge is 2.11. The van der Waals surface area contributed by atoms with E-state index in [1.165, 1.54) is 11.8 Å². The summed E-state index contributed by atoms with van der Waals surface area (Å²) in [6.45, 7) is 3.32. The minimum Gasteiger partial charge on any atom is -0.354 e. The molecule has 0 radical (unpaired) electrons. The number of amides is 1. The molecule has 1 N–H and O–H groups in total. The average molecular weight is 435 g/mol. The van der Waals surface area contributed by atoms with E-state index in [1.807, 2.05) is 43.3 Å². The summed E-state index contributed by atoms with van der Waals surface area (Å²) in [5.41, 5.74) is 2.59. The van der Waals surface area contributed by atoms with Crippen LogP contribution in [-0.4, -0.2) is 42.5 Å². The lowest BCUT2D eigenvalue weighted by molar-refractivity contribution is -0.118. The number of nitrogens with one attached hydrogen (secondary N) is 1. The van der Waals surface area contributed by atoms with Crippen LogP contribution in [0.1, 0.15) is 11.1 Å². The van der Waals surface area contributed by atoms with Crippen LogP contribution >= 0.6 is 11.8 Å². The van der Waals surface area contributed by atoms with Crippen LogP contribution in [0.25, 0.3) is 11.0 Å². The van der Waals surface area contributed by atoms with Crippen LogP contribution in [0.3, 0.4) is 0 Å². The molecular weight excluding hydrogens is 412 g/mol. The quantitative estimate of drug-likeness (QED) is 0.428. The van der Waals surface area contributed by atoms with Crippen molar-refractivity contribution in [3.05, 3.63) is 82.8 Å². The average Bonchev–Trinajstić information content (AvgIpc) is 3.20. The number of hydrogen-bond donors (Lipinski definition) is 1. The Morgan fingerprint density at radius 2 is 1.97 bits per heavy atom. The molecule has 0 atom stereocenters. The second kappa shape index (κ2) is 9.57. The SMILES string of the molecule is Cc1ccccc1Cn1cnc2c(cnn2CCNC(=O)CSc2ccncc2)c1=O. The number of pyridine rings is 1. The number of carbonyl (C=O) groups excluding carboxylic acids is 1. The van der Waals surface area contributed by atoms with Gasteiger partial charge in [-0.3, -0.25) is 19.1 Å². The van der Waals surface area contributed by atoms with Crippen LogP contribution in [0, 0.1) is 6.92 Å². The van der Waals surface area contributed by atoms with Gasteiger partial charge in [-0.05, 0) is 30.2 Å². The summed E-state index contributed by atoms with van der Waals surface area (Å²) >= 11 is 1.45. The topological polar surface area (TPSA) is 94.7 Å². The molecule has 3 heterocycles. The van der Waals surface area contributed by atoms with Crippen molar-refractivity contribution in [2.24, 2.45) is 0 Å². The van der Waals surface area contributed by atoms with Gasteiger partial charge in [-0.25, -0.2) is 9.67 Å². The van der Waals surface area contributed by atoms with Gasteiger partial charge in [0.1, 0.15) is 11.7 Å². The van der Waals surface area contributed by atoms with Crippen molar-refractivity contribution in [3.8, 4) is 0 Å². The molecule has 0 bridgehead atoms. The summed E-state index contributed by atoms with van der Waals surface area (Å²) in [5, 5.41) is 7.63. The molecule has 0 aliphatic carbocycles. The van der Waals surface area contributed by atoms with E-state index < -0.39 is 0 Å². The van der Waals surface area contributed by atoms with Gasteiger partial charge in [-0.15, -0.1) is 11.8 Å². The smallest absolute Gasteiger partial charge is 0.264 e. The van der Waals surface area contributed by atoms with Crippen molar-refractivity contribution in [1.29, 1.82) is 0 Å². The standard InChI is InChI=1S/C22H22N6O2S/c1-16-4-2-3-5-17(16)13-27-15-25-21-19(22(27)30)12-26-28(21)11-10-24-20(29)14-31-18-6-8-23-9-7-18/h2-9,12,15H,10-11,13-14H2,1H3,(H,24,29). The molecule has 0 aliphatic rings. The Morgan fingerprint density at radius 1 is 1.16 bits per heavy atom. The molecule has 0 saturated carbocycles. The number of nitrogens with zero attached hydrogens (tertiary/aromatic N) is 5. The van der Waals surface area contributed by atoms with Gasteiger partial charge in [-0.2, -0.15) is 5.10 Å². The molecule has 1 amide bonds. The maximum absolute atomic E-state index is 12.9. The third-order valence-electron chi connectivity index (χ3n) is 4.89. The van der Waals surface area contributed by atoms with E-state index in [2.05, 4.69) is 20.4 Å². The Hall–Kier alpha value is -3.46. The highest BCUT2D eigenvalue weighted by molar-refractivity contribution is 8.00. The number of thioether (sulfide) groups is 1. The van der Waals surface area contributed by atoms with E-state index >= 15 is 0 Å². The minimum atomic E-state index is -0.128. The number of benzene rings is 1. The molecule has 9 heteroatoms. The molecule has 158 valence electrons. The van der Waals surface area contributed by atoms with E-state index in [9.17, 15) is 9.59 Å². The van der Waals surface area contributed by atoms with E-state index in [-0.39, 0.29) is 11.5 Å². The first-order valence-electron chi connectivity index (χ1n) is 9.87. The molecule has 31 heavy (non-hydrogen) atoms. The van der Waals surface area contributed by atoms with Crippen LogP contribution in [0.4, 0.5) is 0 Å². The van der Waals surface area contributed by atoms with Crippen molar-refractivity contribution in [1.82, 2.24) is 29.6 Å². The molecule has 0 unspecified atom stereocenters. The summed E-state index contributed by atoms with van der Waals surface area (Å²) in [6.07, 6.45) is 6.50. The lowest BCUT2D eigenvalue weighted by Crippen LogP contribution is -2.29. The van der Waals surface area contributed by atoms with Gasteiger partial charge in [0, 0.05) is 23.8 Å². The predicted octanol–water partition coefficient (Wildman–Crippen LogP) is 2.25. The third-order valence-corrected chi connectivity index (χ3v) is 5.90. The van der Waals surface area contributed by atoms with Crippen LogP contribution in [0.5, 0.6) is 0 Å². The van der Waals surface area contributed by atoms with Gasteiger partial charge in [0.05, 0.1) is 25.0 Å². The first kappa shape index (κ1) is 20.8. The Balaban J connectivity index is 1.37. The summed E-state index contributed by atoms with van der Waals surface area (Å²) in [6, 6.07) is 11.7. The highest BCUT2D eigenvalue weighted by Crippen LogP contribution is 2.15. The zero-order valence-electron chi connectivity index (χ0n) is 17.1. The second-order valence-corrected chi connectivity index (χ2v) is 8.08. The number of aromatic nitrogens is 5. The molecule has 0 fully saturated rings. The maximum atomic E-state index is 12.9. The van der Waals surface area contributed by atoms with Crippen LogP contribution in [-0.2, 0) is 17.9 Å². The van der Waals surface area contributed by atoms with Crippen molar-refractivity contribution >= 4 is 28.7 Å². The fourth-order valence-electron chi connectivity index (χ4n) is 3.18. The number of fused-ring (bicyclic) bond motifs is 1. The Kier molecular flexibility index (Phi) is 6.42. The van der Waals surface area contributed by atoms with E-state index in [0.29, 0.717) is 36.4 Å². The van der Waals surface area contributed by atoms with Gasteiger partial charge in [0.2, 0.25) is 5.91 Å². The lowest BCUT2D eigenvalue weighted by Gasteiger charge is -2.09. The first-order valence-corrected chi connectivity index (χ1v) is 10.9. The number of aryl methyl sites for hydroxylation is 1. The van der Waals surface area contributed by atoms with E-state index in [1.54, 1.807) is 34.2 Å². The fraction of sp³-hybridized carbons (Fsp3) is 0.227. The molecule has 4 aromatic rings. The fourth-order valence-corrected chi connectivity index (χ4v) is 3.89. The first-order chi connectivity index (χ1) is 15.1. The molecular formula is C22H22N6O2S. The summed E-state index contributed by atoms with van der Waals surface area (Å²) < 4.78 is 3.24. The Labute approximate surface area is 183 Å². The monoisotopic (exact) mass is 434 g/mol. The van der Waals surface area contributed by atoms with Gasteiger partial charge < -0.3 is 5.32 Å². The van der Waals surface area contributed by atoms with Crippen molar-refractivity contribution in [2.45, 2.75) is 24.9 Å². The van der Waals surface area contributed by atoms with Crippen molar-refractivity contribution in [3.63, 3.8) is 0 Å². The number of carbonyl (C=O) groups is 1. The summed E-state index contributed by atoms with van der Waals surface area (Å²) in [5.74, 6) is 0.262.